The van der Waals surface area contributed by atoms with Gasteiger partial charge in [0.25, 0.3) is 0 Å². The molecule has 2 rings (SSSR count). The fourth-order valence-electron chi connectivity index (χ4n) is 3.51. The van der Waals surface area contributed by atoms with Crippen molar-refractivity contribution in [2.24, 2.45) is 0 Å². The number of anilines is 1. The average Bonchev–Trinajstić information content (AvgIpc) is 2.79. The lowest BCUT2D eigenvalue weighted by molar-refractivity contribution is -0.139. The molecule has 0 aliphatic carbocycles. The van der Waals surface area contributed by atoms with Gasteiger partial charge >= 0.3 is 0 Å². The molecule has 180 valence electrons. The highest BCUT2D eigenvalue weighted by atomic mass is 79.9. The van der Waals surface area contributed by atoms with Crippen LogP contribution >= 0.6 is 15.9 Å². The summed E-state index contributed by atoms with van der Waals surface area (Å²) in [6, 6.07) is 15.8. The van der Waals surface area contributed by atoms with Gasteiger partial charge in [-0.3, -0.25) is 13.9 Å². The Morgan fingerprint density at radius 1 is 1.03 bits per heavy atom. The summed E-state index contributed by atoms with van der Waals surface area (Å²) in [5, 5.41) is 2.87. The van der Waals surface area contributed by atoms with Gasteiger partial charge in [0.15, 0.2) is 0 Å². The van der Waals surface area contributed by atoms with Gasteiger partial charge in [0.1, 0.15) is 12.6 Å². The quantitative estimate of drug-likeness (QED) is 0.448. The Bertz CT molecular complexity index is 1030. The summed E-state index contributed by atoms with van der Waals surface area (Å²) in [6.07, 6.45) is 2.82. The van der Waals surface area contributed by atoms with Crippen molar-refractivity contribution in [3.05, 3.63) is 64.6 Å². The first-order chi connectivity index (χ1) is 15.7. The molecule has 33 heavy (non-hydrogen) atoms. The van der Waals surface area contributed by atoms with Crippen molar-refractivity contribution in [2.45, 2.75) is 39.2 Å². The molecule has 2 amide bonds. The molecule has 1 atom stereocenters. The van der Waals surface area contributed by atoms with Crippen LogP contribution in [0, 0.1) is 0 Å². The van der Waals surface area contributed by atoms with Gasteiger partial charge in [-0.2, -0.15) is 0 Å². The maximum Gasteiger partial charge on any atom is 0.244 e. The molecule has 0 saturated carbocycles. The Morgan fingerprint density at radius 2 is 1.67 bits per heavy atom. The van der Waals surface area contributed by atoms with Crippen LogP contribution in [-0.4, -0.2) is 57.1 Å². The third kappa shape index (κ3) is 7.85. The SMILES string of the molecule is CCCNC(=O)[C@@H](CC)N(CCc1ccccc1)C(=O)CN(c1ccccc1Br)S(C)(=O)=O. The molecule has 0 radical (unpaired) electrons. The molecule has 2 aromatic rings. The zero-order valence-electron chi connectivity index (χ0n) is 19.3. The predicted molar refractivity (Wildman–Crippen MR) is 136 cm³/mol. The second-order valence-corrected chi connectivity index (χ2v) is 10.5. The van der Waals surface area contributed by atoms with Crippen molar-refractivity contribution in [1.29, 1.82) is 0 Å². The molecule has 7 nitrogen and oxygen atoms in total. The number of sulfonamides is 1. The van der Waals surface area contributed by atoms with Crippen molar-refractivity contribution in [3.8, 4) is 0 Å². The van der Waals surface area contributed by atoms with Gasteiger partial charge < -0.3 is 10.2 Å². The van der Waals surface area contributed by atoms with E-state index < -0.39 is 28.5 Å². The number of para-hydroxylation sites is 1. The standard InChI is InChI=1S/C24H32BrN3O4S/c1-4-16-26-24(30)21(5-2)27(17-15-19-11-7-6-8-12-19)23(29)18-28(33(3,31)32)22-14-10-9-13-20(22)25/h6-14,21H,4-5,15-18H2,1-3H3,(H,26,30)/t21-/m1/s1. The second kappa shape index (κ2) is 12.7. The van der Waals surface area contributed by atoms with Gasteiger partial charge in [0.2, 0.25) is 21.8 Å². The van der Waals surface area contributed by atoms with Crippen molar-refractivity contribution in [3.63, 3.8) is 0 Å². The van der Waals surface area contributed by atoms with E-state index in [4.69, 9.17) is 0 Å². The summed E-state index contributed by atoms with van der Waals surface area (Å²) in [4.78, 5) is 27.9. The number of hydrogen-bond donors (Lipinski definition) is 1. The van der Waals surface area contributed by atoms with Crippen LogP contribution in [0.4, 0.5) is 5.69 Å². The zero-order chi connectivity index (χ0) is 24.4. The summed E-state index contributed by atoms with van der Waals surface area (Å²) < 4.78 is 26.8. The minimum absolute atomic E-state index is 0.229. The molecule has 9 heteroatoms. The largest absolute Gasteiger partial charge is 0.354 e. The van der Waals surface area contributed by atoms with Crippen LogP contribution in [0.3, 0.4) is 0 Å². The highest BCUT2D eigenvalue weighted by Gasteiger charge is 2.31. The normalized spacial score (nSPS) is 12.1. The number of rotatable bonds is 12. The summed E-state index contributed by atoms with van der Waals surface area (Å²) in [7, 11) is -3.75. The summed E-state index contributed by atoms with van der Waals surface area (Å²) in [5.41, 5.74) is 1.41. The van der Waals surface area contributed by atoms with Crippen molar-refractivity contribution in [2.75, 3.05) is 30.2 Å². The Labute approximate surface area is 205 Å². The number of benzene rings is 2. The van der Waals surface area contributed by atoms with Crippen LogP contribution in [0.1, 0.15) is 32.3 Å². The van der Waals surface area contributed by atoms with E-state index in [0.29, 0.717) is 36.1 Å². The fraction of sp³-hybridized carbons (Fsp3) is 0.417. The first kappa shape index (κ1) is 26.9. The first-order valence-electron chi connectivity index (χ1n) is 11.0. The van der Waals surface area contributed by atoms with Crippen molar-refractivity contribution in [1.82, 2.24) is 10.2 Å². The van der Waals surface area contributed by atoms with Crippen LogP contribution in [0.25, 0.3) is 0 Å². The molecular formula is C24H32BrN3O4S. The molecule has 0 fully saturated rings. The van der Waals surface area contributed by atoms with Crippen LogP contribution < -0.4 is 9.62 Å². The van der Waals surface area contributed by atoms with Gasteiger partial charge in [-0.1, -0.05) is 56.3 Å². The third-order valence-corrected chi connectivity index (χ3v) is 7.02. The van der Waals surface area contributed by atoms with E-state index in [9.17, 15) is 18.0 Å². The number of amides is 2. The van der Waals surface area contributed by atoms with Crippen molar-refractivity contribution < 1.29 is 18.0 Å². The molecule has 2 aromatic carbocycles. The minimum Gasteiger partial charge on any atom is -0.354 e. The lowest BCUT2D eigenvalue weighted by Gasteiger charge is -2.33. The smallest absolute Gasteiger partial charge is 0.244 e. The molecule has 1 N–H and O–H groups in total. The lowest BCUT2D eigenvalue weighted by Crippen LogP contribution is -2.53. The molecule has 0 unspecified atom stereocenters. The van der Waals surface area contributed by atoms with Gasteiger partial charge in [-0.15, -0.1) is 0 Å². The molecule has 0 heterocycles. The monoisotopic (exact) mass is 537 g/mol. The summed E-state index contributed by atoms with van der Waals surface area (Å²) >= 11 is 3.38. The summed E-state index contributed by atoms with van der Waals surface area (Å²) in [6.45, 7) is 4.23. The van der Waals surface area contributed by atoms with E-state index in [2.05, 4.69) is 21.2 Å². The Morgan fingerprint density at radius 3 is 2.24 bits per heavy atom. The second-order valence-electron chi connectivity index (χ2n) is 7.76. The van der Waals surface area contributed by atoms with Crippen molar-refractivity contribution >= 4 is 43.5 Å². The molecule has 0 aliphatic rings. The van der Waals surface area contributed by atoms with E-state index in [0.717, 1.165) is 22.5 Å². The maximum absolute atomic E-state index is 13.5. The number of nitrogens with one attached hydrogen (secondary N) is 1. The number of carbonyl (C=O) groups is 2. The maximum atomic E-state index is 13.5. The van der Waals surface area contributed by atoms with Gasteiger partial charge in [-0.25, -0.2) is 8.42 Å². The number of halogens is 1. The van der Waals surface area contributed by atoms with Crippen LogP contribution in [0.2, 0.25) is 0 Å². The Kier molecular flexibility index (Phi) is 10.4. The molecule has 0 aromatic heterocycles. The number of carbonyl (C=O) groups excluding carboxylic acids is 2. The first-order valence-corrected chi connectivity index (χ1v) is 13.7. The lowest BCUT2D eigenvalue weighted by atomic mass is 10.1. The molecular weight excluding hydrogens is 506 g/mol. The van der Waals surface area contributed by atoms with E-state index in [-0.39, 0.29) is 5.91 Å². The van der Waals surface area contributed by atoms with E-state index in [1.54, 1.807) is 24.3 Å². The fourth-order valence-corrected chi connectivity index (χ4v) is 4.99. The van der Waals surface area contributed by atoms with Gasteiger partial charge in [0, 0.05) is 17.6 Å². The summed E-state index contributed by atoms with van der Waals surface area (Å²) in [5.74, 6) is -0.654. The van der Waals surface area contributed by atoms with E-state index in [1.165, 1.54) is 4.90 Å². The third-order valence-electron chi connectivity index (χ3n) is 5.22. The topological polar surface area (TPSA) is 86.8 Å². The molecule has 0 bridgehead atoms. The zero-order valence-corrected chi connectivity index (χ0v) is 21.7. The predicted octanol–water partition coefficient (Wildman–Crippen LogP) is 3.59. The average molecular weight is 539 g/mol. The number of hydrogen-bond acceptors (Lipinski definition) is 4. The molecule has 0 saturated heterocycles. The van der Waals surface area contributed by atoms with E-state index >= 15 is 0 Å². The molecule has 0 aliphatic heterocycles. The van der Waals surface area contributed by atoms with Crippen LogP contribution in [0.5, 0.6) is 0 Å². The highest BCUT2D eigenvalue weighted by Crippen LogP contribution is 2.27. The Balaban J connectivity index is 2.35. The van der Waals surface area contributed by atoms with E-state index in [1.807, 2.05) is 44.2 Å². The van der Waals surface area contributed by atoms with Crippen LogP contribution in [-0.2, 0) is 26.0 Å². The van der Waals surface area contributed by atoms with Crippen LogP contribution in [0.15, 0.2) is 59.1 Å². The number of nitrogens with zero attached hydrogens (tertiary/aromatic N) is 2. The van der Waals surface area contributed by atoms with Gasteiger partial charge in [0.05, 0.1) is 11.9 Å². The molecule has 0 spiro atoms. The van der Waals surface area contributed by atoms with Gasteiger partial charge in [-0.05, 0) is 52.9 Å². The minimum atomic E-state index is -3.75. The Hall–Kier alpha value is -2.39. The highest BCUT2D eigenvalue weighted by molar-refractivity contribution is 9.10.